The van der Waals surface area contributed by atoms with E-state index in [0.29, 0.717) is 10.3 Å². The number of hydrogen-bond acceptors (Lipinski definition) is 3. The van der Waals surface area contributed by atoms with Crippen LogP contribution in [0, 0.1) is 5.41 Å². The van der Waals surface area contributed by atoms with Crippen LogP contribution in [-0.4, -0.2) is 32.7 Å². The molecule has 2 aliphatic rings. The van der Waals surface area contributed by atoms with E-state index >= 15 is 0 Å². The average Bonchev–Trinajstić information content (AvgIpc) is 2.19. The number of rotatable bonds is 3. The van der Waals surface area contributed by atoms with Crippen LogP contribution in [0.1, 0.15) is 24.8 Å². The van der Waals surface area contributed by atoms with Gasteiger partial charge < -0.3 is 0 Å². The lowest BCUT2D eigenvalue weighted by Gasteiger charge is -2.56. The third kappa shape index (κ3) is 2.19. The minimum absolute atomic E-state index is 0.408. The van der Waals surface area contributed by atoms with E-state index in [1.54, 1.807) is 12.1 Å². The van der Waals surface area contributed by atoms with E-state index in [0.717, 1.165) is 6.54 Å². The van der Waals surface area contributed by atoms with Crippen molar-refractivity contribution >= 4 is 9.84 Å². The first-order valence-corrected chi connectivity index (χ1v) is 8.37. The van der Waals surface area contributed by atoms with Crippen molar-refractivity contribution in [1.29, 1.82) is 0 Å². The van der Waals surface area contributed by atoms with Gasteiger partial charge in [-0.25, -0.2) is 8.42 Å². The van der Waals surface area contributed by atoms with Crippen molar-refractivity contribution in [3.63, 3.8) is 0 Å². The summed E-state index contributed by atoms with van der Waals surface area (Å²) < 4.78 is 22.7. The summed E-state index contributed by atoms with van der Waals surface area (Å²) in [5.74, 6) is 0. The zero-order valence-electron chi connectivity index (χ0n) is 10.7. The Balaban J connectivity index is 1.61. The van der Waals surface area contributed by atoms with Gasteiger partial charge >= 0.3 is 0 Å². The van der Waals surface area contributed by atoms with Gasteiger partial charge in [0.25, 0.3) is 0 Å². The van der Waals surface area contributed by atoms with E-state index in [1.165, 1.54) is 44.2 Å². The van der Waals surface area contributed by atoms with Crippen LogP contribution in [0.25, 0.3) is 0 Å². The van der Waals surface area contributed by atoms with Crippen molar-refractivity contribution in [1.82, 2.24) is 4.90 Å². The van der Waals surface area contributed by atoms with E-state index < -0.39 is 9.84 Å². The Kier molecular flexibility index (Phi) is 2.75. The maximum Gasteiger partial charge on any atom is 0.175 e. The highest BCUT2D eigenvalue weighted by Gasteiger charge is 2.46. The molecule has 1 spiro atoms. The molecular formula is C14H19NO2S. The quantitative estimate of drug-likeness (QED) is 0.839. The number of benzene rings is 1. The topological polar surface area (TPSA) is 37.4 Å². The van der Waals surface area contributed by atoms with Crippen LogP contribution < -0.4 is 0 Å². The summed E-state index contributed by atoms with van der Waals surface area (Å²) in [6.45, 7) is 3.40. The third-order valence-electron chi connectivity index (χ3n) is 4.29. The van der Waals surface area contributed by atoms with E-state index in [1.807, 2.05) is 12.1 Å². The van der Waals surface area contributed by atoms with Crippen LogP contribution in [0.15, 0.2) is 29.2 Å². The molecule has 1 aromatic rings. The Hall–Kier alpha value is -0.870. The summed E-state index contributed by atoms with van der Waals surface area (Å²) in [5, 5.41) is 0. The van der Waals surface area contributed by atoms with Crippen molar-refractivity contribution in [2.75, 3.05) is 19.3 Å². The normalized spacial score (nSPS) is 22.5. The molecule has 1 aliphatic heterocycles. The fraction of sp³-hybridized carbons (Fsp3) is 0.571. The number of nitrogens with zero attached hydrogens (tertiary/aromatic N) is 1. The van der Waals surface area contributed by atoms with Gasteiger partial charge in [0.15, 0.2) is 9.84 Å². The Morgan fingerprint density at radius 3 is 2.22 bits per heavy atom. The van der Waals surface area contributed by atoms with Crippen LogP contribution >= 0.6 is 0 Å². The molecule has 0 bridgehead atoms. The van der Waals surface area contributed by atoms with Gasteiger partial charge in [0.2, 0.25) is 0 Å². The molecule has 1 heterocycles. The lowest BCUT2D eigenvalue weighted by molar-refractivity contribution is -0.0645. The monoisotopic (exact) mass is 265 g/mol. The molecule has 18 heavy (non-hydrogen) atoms. The first kappa shape index (κ1) is 12.2. The maximum atomic E-state index is 11.4. The van der Waals surface area contributed by atoms with E-state index in [4.69, 9.17) is 0 Å². The molecule has 4 heteroatoms. The zero-order chi connectivity index (χ0) is 12.8. The Morgan fingerprint density at radius 1 is 1.17 bits per heavy atom. The number of sulfone groups is 1. The summed E-state index contributed by atoms with van der Waals surface area (Å²) >= 11 is 0. The molecule has 0 unspecified atom stereocenters. The average molecular weight is 265 g/mol. The molecule has 0 atom stereocenters. The van der Waals surface area contributed by atoms with Crippen LogP contribution in [0.3, 0.4) is 0 Å². The second-order valence-electron chi connectivity index (χ2n) is 5.91. The number of hydrogen-bond donors (Lipinski definition) is 0. The predicted octanol–water partition coefficient (Wildman–Crippen LogP) is 2.08. The largest absolute Gasteiger partial charge is 0.298 e. The first-order valence-electron chi connectivity index (χ1n) is 6.48. The van der Waals surface area contributed by atoms with Gasteiger partial charge in [-0.15, -0.1) is 0 Å². The lowest BCUT2D eigenvalue weighted by atomic mass is 9.63. The van der Waals surface area contributed by atoms with Gasteiger partial charge in [-0.3, -0.25) is 4.90 Å². The molecule has 3 nitrogen and oxygen atoms in total. The van der Waals surface area contributed by atoms with Crippen molar-refractivity contribution in [2.45, 2.75) is 30.7 Å². The first-order chi connectivity index (χ1) is 8.47. The standard InChI is InChI=1S/C14H19NO2S/c1-18(16,17)13-5-3-12(4-6-13)9-15-10-14(11-15)7-2-8-14/h3-6H,2,7-11H2,1H3. The smallest absolute Gasteiger partial charge is 0.175 e. The van der Waals surface area contributed by atoms with Crippen LogP contribution in [0.2, 0.25) is 0 Å². The van der Waals surface area contributed by atoms with Crippen LogP contribution in [0.5, 0.6) is 0 Å². The molecule has 0 amide bonds. The van der Waals surface area contributed by atoms with E-state index in [-0.39, 0.29) is 0 Å². The fourth-order valence-corrected chi connectivity index (χ4v) is 3.74. The molecule has 0 N–H and O–H groups in total. The summed E-state index contributed by atoms with van der Waals surface area (Å²) in [7, 11) is -3.07. The molecule has 0 aromatic heterocycles. The molecule has 1 saturated carbocycles. The SMILES string of the molecule is CS(=O)(=O)c1ccc(CN2CC3(CCC3)C2)cc1. The van der Waals surface area contributed by atoms with Crippen molar-refractivity contribution in [3.8, 4) is 0 Å². The molecule has 1 aromatic carbocycles. The summed E-state index contributed by atoms with van der Waals surface area (Å²) in [4.78, 5) is 2.86. The Bertz CT molecular complexity index is 536. The third-order valence-corrected chi connectivity index (χ3v) is 5.42. The molecule has 1 aliphatic carbocycles. The minimum Gasteiger partial charge on any atom is -0.298 e. The van der Waals surface area contributed by atoms with Crippen LogP contribution in [-0.2, 0) is 16.4 Å². The molecular weight excluding hydrogens is 246 g/mol. The van der Waals surface area contributed by atoms with Crippen molar-refractivity contribution in [3.05, 3.63) is 29.8 Å². The molecule has 3 rings (SSSR count). The van der Waals surface area contributed by atoms with Gasteiger partial charge in [-0.2, -0.15) is 0 Å². The van der Waals surface area contributed by atoms with Gasteiger partial charge in [0.1, 0.15) is 0 Å². The van der Waals surface area contributed by atoms with Gasteiger partial charge in [0.05, 0.1) is 4.90 Å². The highest BCUT2D eigenvalue weighted by Crippen LogP contribution is 2.48. The van der Waals surface area contributed by atoms with Crippen LogP contribution in [0.4, 0.5) is 0 Å². The molecule has 98 valence electrons. The minimum atomic E-state index is -3.07. The van der Waals surface area contributed by atoms with Crippen molar-refractivity contribution in [2.24, 2.45) is 5.41 Å². The van der Waals surface area contributed by atoms with Gasteiger partial charge in [-0.1, -0.05) is 18.6 Å². The van der Waals surface area contributed by atoms with E-state index in [9.17, 15) is 8.42 Å². The predicted molar refractivity (Wildman–Crippen MR) is 71.1 cm³/mol. The second-order valence-corrected chi connectivity index (χ2v) is 7.93. The summed E-state index contributed by atoms with van der Waals surface area (Å²) in [6, 6.07) is 7.29. The van der Waals surface area contributed by atoms with Gasteiger partial charge in [-0.05, 0) is 36.0 Å². The zero-order valence-corrected chi connectivity index (χ0v) is 11.5. The fourth-order valence-electron chi connectivity index (χ4n) is 3.11. The molecule has 0 radical (unpaired) electrons. The highest BCUT2D eigenvalue weighted by molar-refractivity contribution is 7.90. The lowest BCUT2D eigenvalue weighted by Crippen LogP contribution is -2.58. The second kappa shape index (κ2) is 4.07. The highest BCUT2D eigenvalue weighted by atomic mass is 32.2. The summed E-state index contributed by atoms with van der Waals surface area (Å²) in [5.41, 5.74) is 1.86. The summed E-state index contributed by atoms with van der Waals surface area (Å²) in [6.07, 6.45) is 5.45. The molecule has 2 fully saturated rings. The van der Waals surface area contributed by atoms with Crippen molar-refractivity contribution < 1.29 is 8.42 Å². The van der Waals surface area contributed by atoms with Gasteiger partial charge in [0, 0.05) is 25.9 Å². The van der Waals surface area contributed by atoms with E-state index in [2.05, 4.69) is 4.90 Å². The Labute approximate surface area is 109 Å². The molecule has 1 saturated heterocycles. The number of likely N-dealkylation sites (tertiary alicyclic amines) is 1. The maximum absolute atomic E-state index is 11.4. The Morgan fingerprint density at radius 2 is 1.78 bits per heavy atom.